The number of aromatic nitrogens is 1. The van der Waals surface area contributed by atoms with E-state index < -0.39 is 12.0 Å². The van der Waals surface area contributed by atoms with E-state index in [4.69, 9.17) is 0 Å². The number of quaternary nitrogens is 1. The van der Waals surface area contributed by atoms with Gasteiger partial charge in [0.25, 0.3) is 0 Å². The molecule has 1 aromatic carbocycles. The van der Waals surface area contributed by atoms with Crippen LogP contribution in [0.2, 0.25) is 0 Å². The zero-order valence-corrected chi connectivity index (χ0v) is 12.6. The molecule has 0 saturated carbocycles. The minimum absolute atomic E-state index is 0.147. The van der Waals surface area contributed by atoms with Gasteiger partial charge in [0, 0.05) is 12.6 Å². The molecule has 23 heavy (non-hydrogen) atoms. The number of aliphatic carboxylic acids is 1. The summed E-state index contributed by atoms with van der Waals surface area (Å²) in [5.41, 5.74) is 1.67. The van der Waals surface area contributed by atoms with Crippen LogP contribution in [0, 0.1) is 0 Å². The summed E-state index contributed by atoms with van der Waals surface area (Å²) in [6, 6.07) is 12.2. The molecule has 0 bridgehead atoms. The lowest BCUT2D eigenvalue weighted by Gasteiger charge is -2.16. The highest BCUT2D eigenvalue weighted by atomic mass is 16.4. The number of nitrogens with two attached hydrogens (primary N) is 1. The molecule has 0 unspecified atom stereocenters. The van der Waals surface area contributed by atoms with Crippen LogP contribution in [0.4, 0.5) is 5.69 Å². The second-order valence-electron chi connectivity index (χ2n) is 5.18. The normalized spacial score (nSPS) is 11.7. The molecule has 1 heterocycles. The number of benzene rings is 1. The number of carbonyl (C=O) groups is 2. The van der Waals surface area contributed by atoms with Crippen LogP contribution in [0.3, 0.4) is 0 Å². The molecule has 1 amide bonds. The third kappa shape index (κ3) is 5.88. The molecule has 2 aromatic rings. The van der Waals surface area contributed by atoms with E-state index in [1.165, 1.54) is 6.20 Å². The van der Waals surface area contributed by atoms with E-state index in [2.05, 4.69) is 10.3 Å². The Bertz CT molecular complexity index is 632. The third-order valence-electron chi connectivity index (χ3n) is 3.38. The smallest absolute Gasteiger partial charge is 0.230 e. The standard InChI is InChI=1S/C17H19N3O3/c21-16(20-14-7-4-9-18-12-14)11-15(17(22)23)19-10-8-13-5-2-1-3-6-13/h1-7,9,12,15,19H,8,10-11H2,(H,20,21)(H,22,23)/t15-/m1/s1. The van der Waals surface area contributed by atoms with E-state index in [9.17, 15) is 14.7 Å². The Kier molecular flexibility index (Phi) is 6.26. The fraction of sp³-hybridized carbons (Fsp3) is 0.235. The third-order valence-corrected chi connectivity index (χ3v) is 3.38. The molecule has 0 spiro atoms. The Labute approximate surface area is 134 Å². The van der Waals surface area contributed by atoms with Crippen molar-refractivity contribution < 1.29 is 20.0 Å². The van der Waals surface area contributed by atoms with Gasteiger partial charge in [-0.15, -0.1) is 0 Å². The molecule has 120 valence electrons. The Hall–Kier alpha value is -2.73. The van der Waals surface area contributed by atoms with Crippen LogP contribution in [0.15, 0.2) is 54.9 Å². The molecule has 0 fully saturated rings. The number of carboxylic acids is 1. The number of rotatable bonds is 8. The SMILES string of the molecule is O=C(C[C@@H]([NH2+]CCc1ccccc1)C(=O)[O-])Nc1cccnc1. The Balaban J connectivity index is 1.81. The summed E-state index contributed by atoms with van der Waals surface area (Å²) in [6.07, 6.45) is 3.68. The number of carboxylic acid groups (broad SMARTS) is 1. The molecule has 0 aliphatic heterocycles. The molecule has 0 aliphatic rings. The lowest BCUT2D eigenvalue weighted by molar-refractivity contribution is -0.682. The predicted octanol–water partition coefficient (Wildman–Crippen LogP) is -0.665. The van der Waals surface area contributed by atoms with Crippen LogP contribution >= 0.6 is 0 Å². The van der Waals surface area contributed by atoms with E-state index in [-0.39, 0.29) is 12.3 Å². The predicted molar refractivity (Wildman–Crippen MR) is 83.2 cm³/mol. The van der Waals surface area contributed by atoms with Crippen molar-refractivity contribution in [3.63, 3.8) is 0 Å². The maximum atomic E-state index is 11.9. The number of hydrogen-bond acceptors (Lipinski definition) is 4. The maximum Gasteiger partial charge on any atom is 0.230 e. The van der Waals surface area contributed by atoms with Crippen molar-refractivity contribution in [3.8, 4) is 0 Å². The molecular formula is C17H19N3O3. The van der Waals surface area contributed by atoms with Gasteiger partial charge in [0.15, 0.2) is 0 Å². The van der Waals surface area contributed by atoms with Gasteiger partial charge in [0.05, 0.1) is 30.8 Å². The van der Waals surface area contributed by atoms with Crippen molar-refractivity contribution in [3.05, 3.63) is 60.4 Å². The largest absolute Gasteiger partial charge is 0.544 e. The van der Waals surface area contributed by atoms with Crippen molar-refractivity contribution in [2.24, 2.45) is 0 Å². The second-order valence-corrected chi connectivity index (χ2v) is 5.18. The van der Waals surface area contributed by atoms with Gasteiger partial charge in [-0.25, -0.2) is 0 Å². The van der Waals surface area contributed by atoms with Gasteiger partial charge in [-0.05, 0) is 17.7 Å². The number of nitrogens with zero attached hydrogens (tertiary/aromatic N) is 1. The average molecular weight is 313 g/mol. The summed E-state index contributed by atoms with van der Waals surface area (Å²) in [5, 5.41) is 15.4. The minimum Gasteiger partial charge on any atom is -0.544 e. The molecule has 6 nitrogen and oxygen atoms in total. The Morgan fingerprint density at radius 1 is 1.17 bits per heavy atom. The van der Waals surface area contributed by atoms with Crippen molar-refractivity contribution in [1.82, 2.24) is 4.98 Å². The van der Waals surface area contributed by atoms with Crippen LogP contribution in [-0.4, -0.2) is 29.4 Å². The minimum atomic E-state index is -1.24. The monoisotopic (exact) mass is 313 g/mol. The van der Waals surface area contributed by atoms with Crippen molar-refractivity contribution in [2.75, 3.05) is 11.9 Å². The van der Waals surface area contributed by atoms with E-state index in [1.54, 1.807) is 23.6 Å². The number of carbonyl (C=O) groups excluding carboxylic acids is 2. The summed E-state index contributed by atoms with van der Waals surface area (Å²) in [7, 11) is 0. The van der Waals surface area contributed by atoms with Gasteiger partial charge >= 0.3 is 0 Å². The Morgan fingerprint density at radius 2 is 1.96 bits per heavy atom. The van der Waals surface area contributed by atoms with Crippen molar-refractivity contribution in [1.29, 1.82) is 0 Å². The first kappa shape index (κ1) is 16.6. The zero-order chi connectivity index (χ0) is 16.5. The molecule has 0 radical (unpaired) electrons. The van der Waals surface area contributed by atoms with Gasteiger partial charge in [-0.2, -0.15) is 0 Å². The topological polar surface area (TPSA) is 98.7 Å². The van der Waals surface area contributed by atoms with Gasteiger partial charge in [-0.1, -0.05) is 30.3 Å². The van der Waals surface area contributed by atoms with E-state index in [0.29, 0.717) is 12.2 Å². The number of amides is 1. The van der Waals surface area contributed by atoms with Crippen LogP contribution in [-0.2, 0) is 16.0 Å². The first-order valence-corrected chi connectivity index (χ1v) is 7.43. The van der Waals surface area contributed by atoms with E-state index >= 15 is 0 Å². The van der Waals surface area contributed by atoms with Crippen LogP contribution < -0.4 is 15.7 Å². The van der Waals surface area contributed by atoms with Crippen molar-refractivity contribution in [2.45, 2.75) is 18.9 Å². The highest BCUT2D eigenvalue weighted by Gasteiger charge is 2.18. The zero-order valence-electron chi connectivity index (χ0n) is 12.6. The molecular weight excluding hydrogens is 294 g/mol. The number of nitrogens with one attached hydrogen (secondary N) is 1. The maximum absolute atomic E-state index is 11.9. The quantitative estimate of drug-likeness (QED) is 0.675. The van der Waals surface area contributed by atoms with Crippen LogP contribution in [0.25, 0.3) is 0 Å². The molecule has 6 heteroatoms. The summed E-state index contributed by atoms with van der Waals surface area (Å²) in [4.78, 5) is 27.0. The van der Waals surface area contributed by atoms with Gasteiger partial charge in [-0.3, -0.25) is 9.78 Å². The molecule has 2 rings (SSSR count). The number of pyridine rings is 1. The molecule has 0 aliphatic carbocycles. The van der Waals surface area contributed by atoms with Gasteiger partial charge < -0.3 is 20.5 Å². The molecule has 3 N–H and O–H groups in total. The average Bonchev–Trinajstić information content (AvgIpc) is 2.55. The van der Waals surface area contributed by atoms with Crippen LogP contribution in [0.1, 0.15) is 12.0 Å². The van der Waals surface area contributed by atoms with E-state index in [1.807, 2.05) is 30.3 Å². The summed E-state index contributed by atoms with van der Waals surface area (Å²) in [6.45, 7) is 0.572. The Morgan fingerprint density at radius 3 is 2.61 bits per heavy atom. The molecule has 0 saturated heterocycles. The van der Waals surface area contributed by atoms with Crippen molar-refractivity contribution >= 4 is 17.6 Å². The summed E-state index contributed by atoms with van der Waals surface area (Å²) >= 11 is 0. The fourth-order valence-electron chi connectivity index (χ4n) is 2.21. The first-order valence-electron chi connectivity index (χ1n) is 7.43. The molecule has 1 atom stereocenters. The summed E-state index contributed by atoms with van der Waals surface area (Å²) < 4.78 is 0. The van der Waals surface area contributed by atoms with E-state index in [0.717, 1.165) is 12.0 Å². The highest BCUT2D eigenvalue weighted by molar-refractivity contribution is 5.93. The molecule has 1 aromatic heterocycles. The summed E-state index contributed by atoms with van der Waals surface area (Å²) in [5.74, 6) is -1.61. The fourth-order valence-corrected chi connectivity index (χ4v) is 2.21. The van der Waals surface area contributed by atoms with Gasteiger partial charge in [0.1, 0.15) is 6.04 Å². The number of anilines is 1. The van der Waals surface area contributed by atoms with Gasteiger partial charge in [0.2, 0.25) is 5.91 Å². The highest BCUT2D eigenvalue weighted by Crippen LogP contribution is 2.03. The lowest BCUT2D eigenvalue weighted by Crippen LogP contribution is -2.93. The number of hydrogen-bond donors (Lipinski definition) is 2. The van der Waals surface area contributed by atoms with Crippen LogP contribution in [0.5, 0.6) is 0 Å². The second kappa shape index (κ2) is 8.65. The lowest BCUT2D eigenvalue weighted by atomic mass is 10.1. The first-order chi connectivity index (χ1) is 11.1.